The van der Waals surface area contributed by atoms with Gasteiger partial charge in [-0.15, -0.1) is 0 Å². The van der Waals surface area contributed by atoms with Crippen molar-refractivity contribution in [1.29, 1.82) is 0 Å². The highest BCUT2D eigenvalue weighted by molar-refractivity contribution is 9.10. The molecule has 0 aliphatic rings. The molecule has 104 valence electrons. The zero-order valence-electron chi connectivity index (χ0n) is 9.89. The Balaban J connectivity index is 2.36. The maximum absolute atomic E-state index is 13.6. The van der Waals surface area contributed by atoms with Crippen molar-refractivity contribution in [3.8, 4) is 0 Å². The average Bonchev–Trinajstić information content (AvgIpc) is 2.32. The van der Waals surface area contributed by atoms with Crippen molar-refractivity contribution in [3.63, 3.8) is 0 Å². The van der Waals surface area contributed by atoms with Crippen LogP contribution in [0.15, 0.2) is 34.8 Å². The molecule has 0 bridgehead atoms. The summed E-state index contributed by atoms with van der Waals surface area (Å²) in [5.41, 5.74) is -0.697. The van der Waals surface area contributed by atoms with Crippen LogP contribution < -0.4 is 0 Å². The molecule has 0 unspecified atom stereocenters. The third kappa shape index (κ3) is 3.22. The predicted octanol–water partition coefficient (Wildman–Crippen LogP) is 4.95. The van der Waals surface area contributed by atoms with Gasteiger partial charge in [0.15, 0.2) is 5.78 Å². The second kappa shape index (κ2) is 5.97. The first-order chi connectivity index (χ1) is 9.38. The normalized spacial score (nSPS) is 10.7. The van der Waals surface area contributed by atoms with E-state index in [4.69, 9.17) is 11.6 Å². The number of carbonyl (C=O) groups is 1. The first kappa shape index (κ1) is 15.1. The molecule has 20 heavy (non-hydrogen) atoms. The lowest BCUT2D eigenvalue weighted by atomic mass is 10.0. The Morgan fingerprint density at radius 3 is 2.25 bits per heavy atom. The molecule has 2 aromatic rings. The average molecular weight is 364 g/mol. The maximum Gasteiger partial charge on any atom is 0.173 e. The summed E-state index contributed by atoms with van der Waals surface area (Å²) in [6.45, 7) is 0. The molecule has 1 nitrogen and oxygen atoms in total. The van der Waals surface area contributed by atoms with Crippen LogP contribution in [-0.2, 0) is 6.42 Å². The highest BCUT2D eigenvalue weighted by Crippen LogP contribution is 2.22. The fourth-order valence-corrected chi connectivity index (χ4v) is 2.35. The van der Waals surface area contributed by atoms with Gasteiger partial charge in [0, 0.05) is 15.9 Å². The Morgan fingerprint density at radius 2 is 1.65 bits per heavy atom. The Labute approximate surface area is 126 Å². The van der Waals surface area contributed by atoms with Crippen LogP contribution >= 0.6 is 27.5 Å². The molecular formula is C14H7BrClF3O. The van der Waals surface area contributed by atoms with E-state index in [2.05, 4.69) is 15.9 Å². The molecule has 0 spiro atoms. The molecule has 6 heteroatoms. The number of benzene rings is 2. The van der Waals surface area contributed by atoms with E-state index in [1.54, 1.807) is 0 Å². The monoisotopic (exact) mass is 362 g/mol. The smallest absolute Gasteiger partial charge is 0.173 e. The van der Waals surface area contributed by atoms with Gasteiger partial charge in [-0.3, -0.25) is 4.79 Å². The van der Waals surface area contributed by atoms with E-state index in [9.17, 15) is 18.0 Å². The molecule has 0 radical (unpaired) electrons. The number of ketones is 1. The minimum absolute atomic E-state index is 0.00998. The third-order valence-corrected chi connectivity index (χ3v) is 3.34. The van der Waals surface area contributed by atoms with Gasteiger partial charge in [-0.2, -0.15) is 0 Å². The summed E-state index contributed by atoms with van der Waals surface area (Å²) >= 11 is 8.61. The van der Waals surface area contributed by atoms with Gasteiger partial charge in [0.2, 0.25) is 0 Å². The molecule has 0 heterocycles. The number of hydrogen-bond donors (Lipinski definition) is 0. The quantitative estimate of drug-likeness (QED) is 0.706. The van der Waals surface area contributed by atoms with E-state index in [0.717, 1.165) is 18.2 Å². The van der Waals surface area contributed by atoms with Crippen molar-refractivity contribution in [2.24, 2.45) is 0 Å². The van der Waals surface area contributed by atoms with Gasteiger partial charge >= 0.3 is 0 Å². The first-order valence-corrected chi connectivity index (χ1v) is 6.67. The highest BCUT2D eigenvalue weighted by atomic mass is 79.9. The van der Waals surface area contributed by atoms with Gasteiger partial charge in [0.05, 0.1) is 5.56 Å². The summed E-state index contributed by atoms with van der Waals surface area (Å²) in [5.74, 6) is -3.50. The lowest BCUT2D eigenvalue weighted by Crippen LogP contribution is -2.10. The fraction of sp³-hybridized carbons (Fsp3) is 0.0714. The van der Waals surface area contributed by atoms with Gasteiger partial charge in [0.1, 0.15) is 17.5 Å². The standard InChI is InChI=1S/C14H7BrClF3O/c15-8-5-11(18)14(12(19)6-8)13(20)4-7-3-9(16)1-2-10(7)17/h1-3,5-6H,4H2. The van der Waals surface area contributed by atoms with Crippen molar-refractivity contribution in [1.82, 2.24) is 0 Å². The van der Waals surface area contributed by atoms with Crippen LogP contribution in [0.4, 0.5) is 13.2 Å². The van der Waals surface area contributed by atoms with Gasteiger partial charge in [-0.1, -0.05) is 27.5 Å². The third-order valence-electron chi connectivity index (χ3n) is 2.64. The van der Waals surface area contributed by atoms with Crippen molar-refractivity contribution in [3.05, 3.63) is 68.4 Å². The van der Waals surface area contributed by atoms with E-state index in [1.165, 1.54) is 12.1 Å². The van der Waals surface area contributed by atoms with Gasteiger partial charge in [-0.05, 0) is 35.9 Å². The second-order valence-electron chi connectivity index (χ2n) is 4.08. The van der Waals surface area contributed by atoms with Crippen LogP contribution in [0, 0.1) is 17.5 Å². The number of rotatable bonds is 3. The van der Waals surface area contributed by atoms with Gasteiger partial charge in [0.25, 0.3) is 0 Å². The fourth-order valence-electron chi connectivity index (χ4n) is 1.75. The molecule has 0 atom stereocenters. The minimum atomic E-state index is -0.996. The molecule has 2 rings (SSSR count). The Hall–Kier alpha value is -1.33. The van der Waals surface area contributed by atoms with E-state index in [0.29, 0.717) is 0 Å². The molecule has 0 fully saturated rings. The summed E-state index contributed by atoms with van der Waals surface area (Å²) in [5, 5.41) is 0.242. The van der Waals surface area contributed by atoms with Gasteiger partial charge in [-0.25, -0.2) is 13.2 Å². The van der Waals surface area contributed by atoms with Crippen molar-refractivity contribution < 1.29 is 18.0 Å². The molecule has 0 N–H and O–H groups in total. The maximum atomic E-state index is 13.6. The van der Waals surface area contributed by atoms with Crippen LogP contribution in [0.25, 0.3) is 0 Å². The molecule has 0 amide bonds. The SMILES string of the molecule is O=C(Cc1cc(Cl)ccc1F)c1c(F)cc(Br)cc1F. The predicted molar refractivity (Wildman–Crippen MR) is 73.5 cm³/mol. The molecule has 2 aromatic carbocycles. The lowest BCUT2D eigenvalue weighted by molar-refractivity contribution is 0.0983. The second-order valence-corrected chi connectivity index (χ2v) is 5.43. The number of hydrogen-bond acceptors (Lipinski definition) is 1. The Morgan fingerprint density at radius 1 is 1.05 bits per heavy atom. The Bertz CT molecular complexity index is 665. The summed E-state index contributed by atoms with van der Waals surface area (Å²) in [4.78, 5) is 11.9. The largest absolute Gasteiger partial charge is 0.294 e. The number of carbonyl (C=O) groups excluding carboxylic acids is 1. The Kier molecular flexibility index (Phi) is 4.50. The first-order valence-electron chi connectivity index (χ1n) is 5.50. The molecule has 0 saturated heterocycles. The van der Waals surface area contributed by atoms with E-state index >= 15 is 0 Å². The zero-order chi connectivity index (χ0) is 14.9. The lowest BCUT2D eigenvalue weighted by Gasteiger charge is -2.06. The van der Waals surface area contributed by atoms with E-state index < -0.39 is 35.2 Å². The van der Waals surface area contributed by atoms with E-state index in [1.807, 2.05) is 0 Å². The summed E-state index contributed by atoms with van der Waals surface area (Å²) in [7, 11) is 0. The molecule has 0 aliphatic carbocycles. The van der Waals surface area contributed by atoms with Crippen molar-refractivity contribution in [2.45, 2.75) is 6.42 Å². The van der Waals surface area contributed by atoms with Crippen LogP contribution in [0.1, 0.15) is 15.9 Å². The molecule has 0 aliphatic heterocycles. The van der Waals surface area contributed by atoms with Crippen molar-refractivity contribution >= 4 is 33.3 Å². The van der Waals surface area contributed by atoms with Crippen LogP contribution in [-0.4, -0.2) is 5.78 Å². The summed E-state index contributed by atoms with van der Waals surface area (Å²) in [6, 6.07) is 5.63. The number of halogens is 5. The van der Waals surface area contributed by atoms with Crippen LogP contribution in [0.3, 0.4) is 0 Å². The highest BCUT2D eigenvalue weighted by Gasteiger charge is 2.20. The van der Waals surface area contributed by atoms with E-state index in [-0.39, 0.29) is 15.1 Å². The molecule has 0 saturated carbocycles. The molecular weight excluding hydrogens is 357 g/mol. The minimum Gasteiger partial charge on any atom is -0.294 e. The van der Waals surface area contributed by atoms with Crippen LogP contribution in [0.5, 0.6) is 0 Å². The zero-order valence-corrected chi connectivity index (χ0v) is 12.2. The summed E-state index contributed by atoms with van der Waals surface area (Å²) < 4.78 is 41.0. The molecule has 0 aromatic heterocycles. The number of Topliss-reactive ketones (excluding diaryl/α,β-unsaturated/α-hetero) is 1. The van der Waals surface area contributed by atoms with Crippen LogP contribution in [0.2, 0.25) is 5.02 Å². The summed E-state index contributed by atoms with van der Waals surface area (Å²) in [6.07, 6.45) is -0.470. The van der Waals surface area contributed by atoms with Crippen molar-refractivity contribution in [2.75, 3.05) is 0 Å². The topological polar surface area (TPSA) is 17.1 Å². The van der Waals surface area contributed by atoms with Gasteiger partial charge < -0.3 is 0 Å².